The first kappa shape index (κ1) is 62.3. The van der Waals surface area contributed by atoms with Gasteiger partial charge in [0.15, 0.2) is 0 Å². The average Bonchev–Trinajstić information content (AvgIpc) is 3.29. The summed E-state index contributed by atoms with van der Waals surface area (Å²) in [5.74, 6) is -0.486. The molecule has 0 radical (unpaired) electrons. The van der Waals surface area contributed by atoms with Crippen molar-refractivity contribution in [2.24, 2.45) is 0 Å². The number of hydrogen-bond donors (Lipinski definition) is 3. The number of carbonyl (C=O) groups is 2. The van der Waals surface area contributed by atoms with E-state index in [-0.39, 0.29) is 24.9 Å². The minimum atomic E-state index is -0.788. The van der Waals surface area contributed by atoms with Crippen molar-refractivity contribution in [2.45, 2.75) is 328 Å². The third kappa shape index (κ3) is 46.9. The molecule has 0 fully saturated rings. The third-order valence-electron chi connectivity index (χ3n) is 13.3. The van der Waals surface area contributed by atoms with Crippen LogP contribution >= 0.6 is 0 Å². The molecular weight excluding hydrogens is 791 g/mol. The zero-order chi connectivity index (χ0) is 46.7. The minimum Gasteiger partial charge on any atom is -0.462 e. The molecule has 3 unspecified atom stereocenters. The van der Waals surface area contributed by atoms with Crippen molar-refractivity contribution >= 4 is 11.9 Å². The molecule has 0 aliphatic carbocycles. The molecule has 3 atom stereocenters. The number of hydrogen-bond acceptors (Lipinski definition) is 5. The monoisotopic (exact) mass is 902 g/mol. The molecular formula is C58H111NO5. The van der Waals surface area contributed by atoms with Crippen molar-refractivity contribution in [1.82, 2.24) is 5.32 Å². The lowest BCUT2D eigenvalue weighted by Crippen LogP contribution is -2.46. The van der Waals surface area contributed by atoms with Crippen LogP contribution in [0.15, 0.2) is 24.3 Å². The Morgan fingerprint density at radius 3 is 1.16 bits per heavy atom. The Morgan fingerprint density at radius 2 is 0.781 bits per heavy atom. The highest BCUT2D eigenvalue weighted by molar-refractivity contribution is 5.77. The SMILES string of the molecule is CCCCCCCCC/C=C/C=C/CCCCCC(=O)OC(CCCCCCCCCCCCCCCCCCC)CC(=O)NC(CO)C(O)CCCCCCCCCCCCCC. The largest absolute Gasteiger partial charge is 0.462 e. The number of nitrogens with one attached hydrogen (secondary N) is 1. The second-order valence-electron chi connectivity index (χ2n) is 19.7. The lowest BCUT2D eigenvalue weighted by Gasteiger charge is -2.24. The Morgan fingerprint density at radius 1 is 0.453 bits per heavy atom. The molecule has 6 nitrogen and oxygen atoms in total. The van der Waals surface area contributed by atoms with E-state index in [4.69, 9.17) is 4.74 Å². The molecule has 0 aliphatic heterocycles. The molecule has 0 saturated heterocycles. The van der Waals surface area contributed by atoms with Gasteiger partial charge in [-0.25, -0.2) is 0 Å². The maximum atomic E-state index is 13.2. The average molecular weight is 903 g/mol. The van der Waals surface area contributed by atoms with Gasteiger partial charge in [-0.1, -0.05) is 270 Å². The molecule has 3 N–H and O–H groups in total. The Hall–Kier alpha value is -1.66. The second kappa shape index (κ2) is 52.3. The van der Waals surface area contributed by atoms with E-state index in [9.17, 15) is 19.8 Å². The molecule has 0 aromatic carbocycles. The fraction of sp³-hybridized carbons (Fsp3) is 0.897. The number of aliphatic hydroxyl groups excluding tert-OH is 2. The van der Waals surface area contributed by atoms with Gasteiger partial charge in [0.05, 0.1) is 25.2 Å². The van der Waals surface area contributed by atoms with Gasteiger partial charge in [0.1, 0.15) is 6.10 Å². The minimum absolute atomic E-state index is 0.0731. The van der Waals surface area contributed by atoms with Crippen molar-refractivity contribution < 1.29 is 24.5 Å². The summed E-state index contributed by atoms with van der Waals surface area (Å²) in [6.07, 6.45) is 61.0. The highest BCUT2D eigenvalue weighted by Crippen LogP contribution is 2.19. The lowest BCUT2D eigenvalue weighted by molar-refractivity contribution is -0.151. The van der Waals surface area contributed by atoms with Crippen molar-refractivity contribution in [3.05, 3.63) is 24.3 Å². The normalized spacial score (nSPS) is 13.3. The van der Waals surface area contributed by atoms with Crippen LogP contribution < -0.4 is 5.32 Å². The van der Waals surface area contributed by atoms with Gasteiger partial charge < -0.3 is 20.3 Å². The Kier molecular flexibility index (Phi) is 51.0. The number of esters is 1. The number of allylic oxidation sites excluding steroid dienone is 4. The topological polar surface area (TPSA) is 95.9 Å². The van der Waals surface area contributed by atoms with Crippen LogP contribution in [0.5, 0.6) is 0 Å². The van der Waals surface area contributed by atoms with Gasteiger partial charge >= 0.3 is 5.97 Å². The Bertz CT molecular complexity index is 1010. The van der Waals surface area contributed by atoms with Crippen LogP contribution in [0, 0.1) is 0 Å². The zero-order valence-corrected chi connectivity index (χ0v) is 43.2. The van der Waals surface area contributed by atoms with Crippen LogP contribution in [0.1, 0.15) is 310 Å². The Labute approximate surface area is 399 Å². The smallest absolute Gasteiger partial charge is 0.306 e. The lowest BCUT2D eigenvalue weighted by atomic mass is 10.0. The summed E-state index contributed by atoms with van der Waals surface area (Å²) in [6, 6.07) is -0.702. The van der Waals surface area contributed by atoms with Crippen molar-refractivity contribution in [2.75, 3.05) is 6.61 Å². The predicted molar refractivity (Wildman–Crippen MR) is 278 cm³/mol. The van der Waals surface area contributed by atoms with E-state index in [1.54, 1.807) is 0 Å². The molecule has 1 amide bonds. The maximum absolute atomic E-state index is 13.2. The van der Waals surface area contributed by atoms with Gasteiger partial charge in [-0.05, 0) is 51.4 Å². The van der Waals surface area contributed by atoms with E-state index >= 15 is 0 Å². The van der Waals surface area contributed by atoms with E-state index in [1.807, 2.05) is 0 Å². The van der Waals surface area contributed by atoms with Gasteiger partial charge in [0, 0.05) is 6.42 Å². The molecule has 378 valence electrons. The van der Waals surface area contributed by atoms with Gasteiger partial charge in [0.25, 0.3) is 0 Å². The molecule has 0 bridgehead atoms. The summed E-state index contributed by atoms with van der Waals surface area (Å²) in [6.45, 7) is 6.51. The fourth-order valence-electron chi connectivity index (χ4n) is 8.95. The summed E-state index contributed by atoms with van der Waals surface area (Å²) < 4.78 is 5.95. The number of rotatable bonds is 52. The molecule has 6 heteroatoms. The van der Waals surface area contributed by atoms with Crippen LogP contribution in [0.2, 0.25) is 0 Å². The van der Waals surface area contributed by atoms with Gasteiger partial charge in [-0.15, -0.1) is 0 Å². The molecule has 0 aromatic heterocycles. The molecule has 0 rings (SSSR count). The highest BCUT2D eigenvalue weighted by atomic mass is 16.5. The molecule has 0 aliphatic rings. The van der Waals surface area contributed by atoms with Gasteiger partial charge in [-0.3, -0.25) is 9.59 Å². The fourth-order valence-corrected chi connectivity index (χ4v) is 8.95. The predicted octanol–water partition coefficient (Wildman–Crippen LogP) is 17.5. The van der Waals surface area contributed by atoms with E-state index in [0.29, 0.717) is 19.3 Å². The van der Waals surface area contributed by atoms with Crippen LogP contribution in [-0.4, -0.2) is 46.9 Å². The first-order chi connectivity index (χ1) is 31.5. The van der Waals surface area contributed by atoms with E-state index in [0.717, 1.165) is 57.8 Å². The summed E-state index contributed by atoms with van der Waals surface area (Å²) in [5, 5.41) is 23.8. The van der Waals surface area contributed by atoms with Crippen LogP contribution in [0.25, 0.3) is 0 Å². The van der Waals surface area contributed by atoms with E-state index in [1.165, 1.54) is 205 Å². The maximum Gasteiger partial charge on any atom is 0.306 e. The first-order valence-electron chi connectivity index (χ1n) is 28.6. The molecule has 0 heterocycles. The van der Waals surface area contributed by atoms with Crippen molar-refractivity contribution in [1.29, 1.82) is 0 Å². The number of carbonyl (C=O) groups excluding carboxylic acids is 2. The second-order valence-corrected chi connectivity index (χ2v) is 19.7. The quantitative estimate of drug-likeness (QED) is 0.0321. The van der Waals surface area contributed by atoms with E-state index in [2.05, 4.69) is 50.4 Å². The highest BCUT2D eigenvalue weighted by Gasteiger charge is 2.24. The number of ether oxygens (including phenoxy) is 1. The Balaban J connectivity index is 4.57. The zero-order valence-electron chi connectivity index (χ0n) is 43.2. The van der Waals surface area contributed by atoms with Crippen LogP contribution in [0.3, 0.4) is 0 Å². The van der Waals surface area contributed by atoms with Gasteiger partial charge in [0.2, 0.25) is 5.91 Å². The third-order valence-corrected chi connectivity index (χ3v) is 13.3. The number of amides is 1. The number of aliphatic hydroxyl groups is 2. The molecule has 64 heavy (non-hydrogen) atoms. The summed E-state index contributed by atoms with van der Waals surface area (Å²) in [7, 11) is 0. The van der Waals surface area contributed by atoms with Crippen LogP contribution in [0.4, 0.5) is 0 Å². The molecule has 0 aromatic rings. The molecule has 0 spiro atoms. The summed E-state index contributed by atoms with van der Waals surface area (Å²) in [5.41, 5.74) is 0. The number of unbranched alkanes of at least 4 members (excludes halogenated alkanes) is 37. The van der Waals surface area contributed by atoms with E-state index < -0.39 is 18.2 Å². The van der Waals surface area contributed by atoms with Gasteiger partial charge in [-0.2, -0.15) is 0 Å². The summed E-state index contributed by atoms with van der Waals surface area (Å²) >= 11 is 0. The van der Waals surface area contributed by atoms with Crippen molar-refractivity contribution in [3.63, 3.8) is 0 Å². The molecule has 0 saturated carbocycles. The first-order valence-corrected chi connectivity index (χ1v) is 28.6. The summed E-state index contributed by atoms with van der Waals surface area (Å²) in [4.78, 5) is 26.2. The van der Waals surface area contributed by atoms with Crippen molar-refractivity contribution in [3.8, 4) is 0 Å². The van der Waals surface area contributed by atoms with Crippen LogP contribution in [-0.2, 0) is 14.3 Å². The standard InChI is InChI=1S/C58H111NO5/c1-4-7-10-13-16-19-22-25-27-29-30-32-34-37-40-43-46-49-54(64-58(63)51-48-45-42-39-36-33-31-28-26-23-20-17-14-11-8-5-2)52-57(62)59-55(53-60)56(61)50-47-44-41-38-35-24-21-18-15-12-9-6-3/h28,31,33,36,54-56,60-61H,4-27,29-30,32,34-35,37-53H2,1-3H3,(H,59,62)/b31-28+,36-33+.